The Morgan fingerprint density at radius 3 is 2.60 bits per heavy atom. The normalized spacial score (nSPS) is 12.4. The lowest BCUT2D eigenvalue weighted by atomic mass is 10.3. The molecule has 1 aromatic heterocycles. The summed E-state index contributed by atoms with van der Waals surface area (Å²) in [5.74, 6) is 0. The van der Waals surface area contributed by atoms with Crippen molar-refractivity contribution in [2.45, 2.75) is 19.1 Å². The molecule has 15 heavy (non-hydrogen) atoms. The third-order valence-electron chi connectivity index (χ3n) is 1.82. The Morgan fingerprint density at radius 1 is 1.47 bits per heavy atom. The molecule has 0 amide bonds. The van der Waals surface area contributed by atoms with Gasteiger partial charge in [0.2, 0.25) is 0 Å². The maximum Gasteiger partial charge on any atom is 0.390 e. The number of thiophene rings is 1. The molecule has 0 N–H and O–H groups in total. The molecule has 6 heteroatoms. The lowest BCUT2D eigenvalue weighted by molar-refractivity contribution is -0.137. The molecule has 0 aliphatic heterocycles. The number of halogens is 4. The molecule has 86 valence electrons. The minimum absolute atomic E-state index is 0.0407. The Kier molecular flexibility index (Phi) is 4.61. The van der Waals surface area contributed by atoms with E-state index < -0.39 is 12.6 Å². The first-order valence-corrected chi connectivity index (χ1v) is 6.02. The summed E-state index contributed by atoms with van der Waals surface area (Å²) >= 11 is 4.85. The van der Waals surface area contributed by atoms with Gasteiger partial charge in [0, 0.05) is 27.8 Å². The van der Waals surface area contributed by atoms with Crippen LogP contribution in [-0.2, 0) is 6.54 Å². The summed E-state index contributed by atoms with van der Waals surface area (Å²) in [6.45, 7) is 0.603. The van der Waals surface area contributed by atoms with Crippen LogP contribution in [-0.4, -0.2) is 24.7 Å². The van der Waals surface area contributed by atoms with E-state index in [1.807, 2.05) is 11.4 Å². The van der Waals surface area contributed by atoms with Crippen LogP contribution in [0.3, 0.4) is 0 Å². The Balaban J connectivity index is 2.33. The fourth-order valence-electron chi connectivity index (χ4n) is 1.10. The average molecular weight is 302 g/mol. The van der Waals surface area contributed by atoms with Crippen molar-refractivity contribution < 1.29 is 13.2 Å². The van der Waals surface area contributed by atoms with Crippen molar-refractivity contribution in [1.29, 1.82) is 0 Å². The van der Waals surface area contributed by atoms with Crippen LogP contribution in [0.25, 0.3) is 0 Å². The first-order valence-electron chi connectivity index (χ1n) is 4.35. The molecule has 0 atom stereocenters. The molecule has 0 fully saturated rings. The van der Waals surface area contributed by atoms with Crippen molar-refractivity contribution in [3.05, 3.63) is 20.8 Å². The van der Waals surface area contributed by atoms with Gasteiger partial charge in [-0.05, 0) is 29.0 Å². The molecule has 0 aliphatic carbocycles. The van der Waals surface area contributed by atoms with Crippen molar-refractivity contribution in [2.75, 3.05) is 13.6 Å². The molecule has 1 aromatic rings. The third-order valence-corrected chi connectivity index (χ3v) is 3.51. The van der Waals surface area contributed by atoms with Crippen molar-refractivity contribution in [3.8, 4) is 0 Å². The summed E-state index contributed by atoms with van der Waals surface area (Å²) in [5.41, 5.74) is 0. The van der Waals surface area contributed by atoms with Gasteiger partial charge in [-0.2, -0.15) is 13.2 Å². The quantitative estimate of drug-likeness (QED) is 0.815. The molecule has 0 unspecified atom stereocenters. The highest BCUT2D eigenvalue weighted by Gasteiger charge is 2.27. The van der Waals surface area contributed by atoms with Crippen LogP contribution in [0.4, 0.5) is 13.2 Å². The van der Waals surface area contributed by atoms with Crippen LogP contribution < -0.4 is 0 Å². The molecule has 0 aliphatic rings. The first kappa shape index (κ1) is 13.0. The first-order chi connectivity index (χ1) is 6.87. The summed E-state index contributed by atoms with van der Waals surface area (Å²) < 4.78 is 36.8. The highest BCUT2D eigenvalue weighted by atomic mass is 79.9. The topological polar surface area (TPSA) is 3.24 Å². The van der Waals surface area contributed by atoms with Gasteiger partial charge in [0.05, 0.1) is 6.42 Å². The highest BCUT2D eigenvalue weighted by molar-refractivity contribution is 9.10. The lowest BCUT2D eigenvalue weighted by Crippen LogP contribution is -2.23. The van der Waals surface area contributed by atoms with Gasteiger partial charge in [0.25, 0.3) is 0 Å². The van der Waals surface area contributed by atoms with E-state index >= 15 is 0 Å². The van der Waals surface area contributed by atoms with Crippen molar-refractivity contribution >= 4 is 27.3 Å². The zero-order valence-electron chi connectivity index (χ0n) is 8.14. The molecule has 0 aromatic carbocycles. The van der Waals surface area contributed by atoms with E-state index in [1.54, 1.807) is 23.3 Å². The van der Waals surface area contributed by atoms with Gasteiger partial charge in [-0.25, -0.2) is 0 Å². The minimum Gasteiger partial charge on any atom is -0.301 e. The zero-order valence-corrected chi connectivity index (χ0v) is 10.5. The van der Waals surface area contributed by atoms with E-state index in [0.717, 1.165) is 9.35 Å². The summed E-state index contributed by atoms with van der Waals surface area (Å²) in [7, 11) is 1.69. The Hall–Kier alpha value is -0.0700. The molecule has 1 heterocycles. The number of hydrogen-bond acceptors (Lipinski definition) is 2. The SMILES string of the molecule is CN(CCC(F)(F)F)Cc1cc(Br)cs1. The van der Waals surface area contributed by atoms with Crippen LogP contribution in [0.5, 0.6) is 0 Å². The number of hydrogen-bond donors (Lipinski definition) is 0. The van der Waals surface area contributed by atoms with Crippen molar-refractivity contribution in [1.82, 2.24) is 4.90 Å². The zero-order chi connectivity index (χ0) is 11.5. The molecule has 0 radical (unpaired) electrons. The molecule has 0 saturated carbocycles. The summed E-state index contributed by atoms with van der Waals surface area (Å²) in [4.78, 5) is 2.73. The van der Waals surface area contributed by atoms with Crippen molar-refractivity contribution in [3.63, 3.8) is 0 Å². The van der Waals surface area contributed by atoms with Crippen LogP contribution in [0.1, 0.15) is 11.3 Å². The van der Waals surface area contributed by atoms with Gasteiger partial charge in [-0.3, -0.25) is 0 Å². The van der Waals surface area contributed by atoms with Gasteiger partial charge in [-0.1, -0.05) is 0 Å². The Labute approximate surface area is 99.0 Å². The predicted molar refractivity (Wildman–Crippen MR) is 59.0 cm³/mol. The van der Waals surface area contributed by atoms with E-state index in [-0.39, 0.29) is 6.54 Å². The Bertz CT molecular complexity index is 311. The minimum atomic E-state index is -4.07. The van der Waals surface area contributed by atoms with E-state index in [1.165, 1.54) is 0 Å². The standard InChI is InChI=1S/C9H11BrF3NS/c1-14(3-2-9(11,12)13)5-8-4-7(10)6-15-8/h4,6H,2-3,5H2,1H3. The smallest absolute Gasteiger partial charge is 0.301 e. The largest absolute Gasteiger partial charge is 0.390 e. The highest BCUT2D eigenvalue weighted by Crippen LogP contribution is 2.22. The number of alkyl halides is 3. The maximum atomic E-state index is 11.9. The van der Waals surface area contributed by atoms with Crippen LogP contribution in [0, 0.1) is 0 Å². The molecule has 0 spiro atoms. The maximum absolute atomic E-state index is 11.9. The van der Waals surface area contributed by atoms with Crippen LogP contribution >= 0.6 is 27.3 Å². The predicted octanol–water partition coefficient (Wildman–Crippen LogP) is 3.89. The van der Waals surface area contributed by atoms with Gasteiger partial charge >= 0.3 is 6.18 Å². The summed E-state index contributed by atoms with van der Waals surface area (Å²) in [6.07, 6.45) is -4.82. The summed E-state index contributed by atoms with van der Waals surface area (Å²) in [6, 6.07) is 1.93. The lowest BCUT2D eigenvalue weighted by Gasteiger charge is -2.16. The third kappa shape index (κ3) is 5.53. The molecular formula is C9H11BrF3NS. The molecule has 0 bridgehead atoms. The Morgan fingerprint density at radius 2 is 2.13 bits per heavy atom. The second kappa shape index (κ2) is 5.32. The van der Waals surface area contributed by atoms with Crippen LogP contribution in [0.2, 0.25) is 0 Å². The molecular weight excluding hydrogens is 291 g/mol. The molecule has 0 saturated heterocycles. The van der Waals surface area contributed by atoms with E-state index in [4.69, 9.17) is 0 Å². The van der Waals surface area contributed by atoms with Crippen LogP contribution in [0.15, 0.2) is 15.9 Å². The van der Waals surface area contributed by atoms with E-state index in [0.29, 0.717) is 6.54 Å². The van der Waals surface area contributed by atoms with Gasteiger partial charge in [0.15, 0.2) is 0 Å². The summed E-state index contributed by atoms with van der Waals surface area (Å²) in [5, 5.41) is 1.92. The molecule has 1 nitrogen and oxygen atoms in total. The fraction of sp³-hybridized carbons (Fsp3) is 0.556. The van der Waals surface area contributed by atoms with Gasteiger partial charge in [-0.15, -0.1) is 11.3 Å². The second-order valence-electron chi connectivity index (χ2n) is 3.33. The second-order valence-corrected chi connectivity index (χ2v) is 5.25. The van der Waals surface area contributed by atoms with Gasteiger partial charge in [0.1, 0.15) is 0 Å². The van der Waals surface area contributed by atoms with Crippen molar-refractivity contribution in [2.24, 2.45) is 0 Å². The van der Waals surface area contributed by atoms with E-state index in [2.05, 4.69) is 15.9 Å². The average Bonchev–Trinajstić information content (AvgIpc) is 2.47. The van der Waals surface area contributed by atoms with Gasteiger partial charge < -0.3 is 4.90 Å². The monoisotopic (exact) mass is 301 g/mol. The fourth-order valence-corrected chi connectivity index (χ4v) is 2.63. The number of nitrogens with zero attached hydrogens (tertiary/aromatic N) is 1. The van der Waals surface area contributed by atoms with E-state index in [9.17, 15) is 13.2 Å². The molecule has 1 rings (SSSR count). The number of rotatable bonds is 4.